The molecule has 0 radical (unpaired) electrons. The van der Waals surface area contributed by atoms with Gasteiger partial charge < -0.3 is 0 Å². The van der Waals surface area contributed by atoms with E-state index >= 15 is 0 Å². The van der Waals surface area contributed by atoms with Crippen molar-refractivity contribution in [1.82, 2.24) is 0 Å². The largest absolute Gasteiger partial charge is 0.362 e. The molecule has 6 heteroatoms. The molecule has 0 N–H and O–H groups in total. The first-order chi connectivity index (χ1) is 3.55. The van der Waals surface area contributed by atoms with Crippen molar-refractivity contribution in [3.05, 3.63) is 19.2 Å². The van der Waals surface area contributed by atoms with Crippen molar-refractivity contribution in [3.8, 4) is 0 Å². The molecule has 0 saturated heterocycles. The zero-order valence-electron chi connectivity index (χ0n) is 3.40. The molecule has 0 aliphatic carbocycles. The summed E-state index contributed by atoms with van der Waals surface area (Å²) in [7, 11) is 0. The fraction of sp³-hybridized carbons (Fsp3) is 0. The molecule has 0 unspecified atom stereocenters. The van der Waals surface area contributed by atoms with Crippen LogP contribution in [-0.4, -0.2) is 4.92 Å². The van der Waals surface area contributed by atoms with Gasteiger partial charge in [-0.1, -0.05) is 11.6 Å². The summed E-state index contributed by atoms with van der Waals surface area (Å²) >= 11 is 12.6. The third-order valence-corrected chi connectivity index (χ3v) is 1.52. The van der Waals surface area contributed by atoms with Crippen molar-refractivity contribution in [1.29, 1.82) is 0 Å². The molecule has 0 spiro atoms. The second kappa shape index (κ2) is 3.27. The molecule has 0 aliphatic rings. The van der Waals surface area contributed by atoms with Gasteiger partial charge in [-0.25, -0.2) is 0 Å². The maximum absolute atomic E-state index is 9.64. The lowest BCUT2D eigenvalue weighted by molar-refractivity contribution is -0.412. The molecule has 0 aromatic carbocycles. The summed E-state index contributed by atoms with van der Waals surface area (Å²) in [5, 5.41) is 9.04. The quantitative estimate of drug-likeness (QED) is 0.387. The normalized spacial score (nSPS) is 12.9. The Morgan fingerprint density at radius 3 is 2.00 bits per heavy atom. The molecule has 0 aliphatic heterocycles. The number of hydrogen-bond acceptors (Lipinski definition) is 2. The van der Waals surface area contributed by atoms with E-state index in [0.29, 0.717) is 0 Å². The van der Waals surface area contributed by atoms with Crippen LogP contribution in [0.5, 0.6) is 0 Å². The molecule has 0 bridgehead atoms. The fourth-order valence-corrected chi connectivity index (χ4v) is 0.283. The predicted octanol–water partition coefficient (Wildman–Crippen LogP) is 2.26. The van der Waals surface area contributed by atoms with Crippen LogP contribution in [0.15, 0.2) is 9.10 Å². The van der Waals surface area contributed by atoms with Crippen molar-refractivity contribution in [2.75, 3.05) is 0 Å². The summed E-state index contributed by atoms with van der Waals surface area (Å²) in [6.07, 6.45) is 0. The van der Waals surface area contributed by atoms with Crippen LogP contribution >= 0.6 is 39.1 Å². The Labute approximate surface area is 63.5 Å². The van der Waals surface area contributed by atoms with E-state index in [-0.39, 0.29) is 3.94 Å². The van der Waals surface area contributed by atoms with Gasteiger partial charge in [0.15, 0.2) is 3.94 Å². The minimum absolute atomic E-state index is 0.191. The summed E-state index contributed by atoms with van der Waals surface area (Å²) < 4.78 is -0.191. The molecule has 0 aromatic rings. The van der Waals surface area contributed by atoms with E-state index in [1.54, 1.807) is 0 Å². The monoisotopic (exact) mass is 219 g/mol. The Bertz CT molecular complexity index is 141. The van der Waals surface area contributed by atoms with Gasteiger partial charge in [0.05, 0.1) is 4.92 Å². The first-order valence-electron chi connectivity index (χ1n) is 1.41. The SMILES string of the molecule is O=[N+]([O-])/C(Cl)=C(\Cl)Br. The molecule has 3 nitrogen and oxygen atoms in total. The number of hydrogen-bond donors (Lipinski definition) is 0. The molecule has 0 fully saturated rings. The maximum atomic E-state index is 9.64. The highest BCUT2D eigenvalue weighted by atomic mass is 79.9. The van der Waals surface area contributed by atoms with Gasteiger partial charge in [0.25, 0.3) is 0 Å². The topological polar surface area (TPSA) is 43.1 Å². The summed E-state index contributed by atoms with van der Waals surface area (Å²) in [6.45, 7) is 0. The van der Waals surface area contributed by atoms with Crippen LogP contribution in [0.2, 0.25) is 0 Å². The van der Waals surface area contributed by atoms with Gasteiger partial charge in [-0.2, -0.15) is 0 Å². The highest BCUT2D eigenvalue weighted by Gasteiger charge is 2.09. The van der Waals surface area contributed by atoms with Gasteiger partial charge in [-0.3, -0.25) is 10.1 Å². The molecule has 0 saturated carbocycles. The van der Waals surface area contributed by atoms with E-state index < -0.39 is 10.1 Å². The molecular weight excluding hydrogens is 221 g/mol. The first-order valence-corrected chi connectivity index (χ1v) is 2.95. The lowest BCUT2D eigenvalue weighted by atomic mass is 11.0. The minimum atomic E-state index is -0.793. The van der Waals surface area contributed by atoms with Crippen molar-refractivity contribution in [3.63, 3.8) is 0 Å². The first kappa shape index (κ1) is 8.20. The average Bonchev–Trinajstić information content (AvgIpc) is 1.64. The summed E-state index contributed by atoms with van der Waals surface area (Å²) in [5.41, 5.74) is 0. The van der Waals surface area contributed by atoms with Crippen LogP contribution in [0, 0.1) is 10.1 Å². The molecule has 0 amide bonds. The fourth-order valence-electron chi connectivity index (χ4n) is 0.0690. The zero-order valence-corrected chi connectivity index (χ0v) is 6.50. The van der Waals surface area contributed by atoms with Gasteiger partial charge in [0.1, 0.15) is 0 Å². The van der Waals surface area contributed by atoms with E-state index in [1.165, 1.54) is 0 Å². The molecule has 0 atom stereocenters. The van der Waals surface area contributed by atoms with Crippen molar-refractivity contribution < 1.29 is 4.92 Å². The van der Waals surface area contributed by atoms with Crippen LogP contribution in [-0.2, 0) is 0 Å². The lowest BCUT2D eigenvalue weighted by Gasteiger charge is -1.82. The number of nitro groups is 1. The van der Waals surface area contributed by atoms with Gasteiger partial charge in [0, 0.05) is 0 Å². The maximum Gasteiger partial charge on any atom is 0.362 e. The summed E-state index contributed by atoms with van der Waals surface area (Å²) in [6, 6.07) is 0. The van der Waals surface area contributed by atoms with Crippen LogP contribution in [0.25, 0.3) is 0 Å². The third-order valence-electron chi connectivity index (χ3n) is 0.316. The molecule has 8 heavy (non-hydrogen) atoms. The van der Waals surface area contributed by atoms with Gasteiger partial charge >= 0.3 is 5.16 Å². The van der Waals surface area contributed by atoms with Crippen LogP contribution < -0.4 is 0 Å². The number of rotatable bonds is 1. The van der Waals surface area contributed by atoms with Gasteiger partial charge in [-0.05, 0) is 27.5 Å². The van der Waals surface area contributed by atoms with Crippen molar-refractivity contribution >= 4 is 39.1 Å². The molecule has 0 aromatic heterocycles. The minimum Gasteiger partial charge on any atom is -0.257 e. The van der Waals surface area contributed by atoms with Crippen LogP contribution in [0.1, 0.15) is 0 Å². The van der Waals surface area contributed by atoms with E-state index in [0.717, 1.165) is 0 Å². The van der Waals surface area contributed by atoms with E-state index in [1.807, 2.05) is 0 Å². The Hall–Kier alpha value is 0.200. The standard InChI is InChI=1S/C2BrCl2NO2/c3-1(4)2(5)6(7)8/b2-1-. The van der Waals surface area contributed by atoms with E-state index in [4.69, 9.17) is 23.2 Å². The van der Waals surface area contributed by atoms with Crippen LogP contribution in [0.4, 0.5) is 0 Å². The third kappa shape index (κ3) is 2.49. The molecule has 0 rings (SSSR count). The van der Waals surface area contributed by atoms with E-state index in [9.17, 15) is 10.1 Å². The Morgan fingerprint density at radius 2 is 2.00 bits per heavy atom. The predicted molar refractivity (Wildman–Crippen MR) is 34.7 cm³/mol. The van der Waals surface area contributed by atoms with Crippen molar-refractivity contribution in [2.45, 2.75) is 0 Å². The molecule has 46 valence electrons. The number of nitrogens with zero attached hydrogens (tertiary/aromatic N) is 1. The summed E-state index contributed by atoms with van der Waals surface area (Å²) in [4.78, 5) is 8.85. The Balaban J connectivity index is 4.23. The van der Waals surface area contributed by atoms with E-state index in [2.05, 4.69) is 15.9 Å². The molecule has 0 heterocycles. The zero-order chi connectivity index (χ0) is 6.73. The second-order valence-electron chi connectivity index (χ2n) is 0.808. The van der Waals surface area contributed by atoms with Crippen LogP contribution in [0.3, 0.4) is 0 Å². The molecular formula is C2BrCl2NO2. The number of halogens is 3. The average molecular weight is 221 g/mol. The van der Waals surface area contributed by atoms with Gasteiger partial charge in [-0.15, -0.1) is 0 Å². The Morgan fingerprint density at radius 1 is 1.62 bits per heavy atom. The second-order valence-corrected chi connectivity index (χ2v) is 2.79. The highest BCUT2D eigenvalue weighted by Crippen LogP contribution is 2.19. The van der Waals surface area contributed by atoms with Crippen molar-refractivity contribution in [2.24, 2.45) is 0 Å². The Kier molecular flexibility index (Phi) is 3.35. The van der Waals surface area contributed by atoms with Gasteiger partial charge in [0.2, 0.25) is 0 Å². The smallest absolute Gasteiger partial charge is 0.257 e. The highest BCUT2D eigenvalue weighted by molar-refractivity contribution is 9.12. The summed E-state index contributed by atoms with van der Waals surface area (Å²) in [5.74, 6) is 0. The lowest BCUT2D eigenvalue weighted by Crippen LogP contribution is -1.90.